The second-order valence-electron chi connectivity index (χ2n) is 6.68. The van der Waals surface area contributed by atoms with Crippen molar-refractivity contribution in [3.8, 4) is 0 Å². The Morgan fingerprint density at radius 1 is 1.04 bits per heavy atom. The van der Waals surface area contributed by atoms with Crippen molar-refractivity contribution >= 4 is 17.7 Å². The van der Waals surface area contributed by atoms with Crippen LogP contribution >= 0.6 is 0 Å². The van der Waals surface area contributed by atoms with E-state index in [-0.39, 0.29) is 11.8 Å². The van der Waals surface area contributed by atoms with Gasteiger partial charge in [-0.25, -0.2) is 0 Å². The summed E-state index contributed by atoms with van der Waals surface area (Å²) in [5, 5.41) is 2.74. The number of benzene rings is 2. The molecule has 3 rings (SSSR count). The van der Waals surface area contributed by atoms with Gasteiger partial charge in [0.2, 0.25) is 11.8 Å². The van der Waals surface area contributed by atoms with Crippen LogP contribution in [0.3, 0.4) is 0 Å². The Bertz CT molecular complexity index is 808. The third-order valence-corrected chi connectivity index (χ3v) is 4.78. The molecule has 2 atom stereocenters. The maximum atomic E-state index is 12.8. The standard InChI is InChI=1S/C21H23N3O3/c22-19(25)17(14-15-8-3-1-4-9-15)23-20(26)18-12-7-13-24(18)21(27)16-10-5-2-6-11-16/h1-6,8-11,17-18H,7,12-14H2,(H2,22,25)(H,23,26)/t17-,18-/m0/s1. The van der Waals surface area contributed by atoms with Gasteiger partial charge in [0.05, 0.1) is 0 Å². The van der Waals surface area contributed by atoms with Crippen molar-refractivity contribution in [2.75, 3.05) is 6.54 Å². The largest absolute Gasteiger partial charge is 0.368 e. The van der Waals surface area contributed by atoms with E-state index in [4.69, 9.17) is 5.73 Å². The average molecular weight is 365 g/mol. The minimum Gasteiger partial charge on any atom is -0.368 e. The van der Waals surface area contributed by atoms with E-state index in [0.29, 0.717) is 24.9 Å². The van der Waals surface area contributed by atoms with Gasteiger partial charge in [-0.3, -0.25) is 14.4 Å². The molecule has 0 radical (unpaired) electrons. The molecule has 2 aromatic rings. The summed E-state index contributed by atoms with van der Waals surface area (Å²) in [6.45, 7) is 0.520. The summed E-state index contributed by atoms with van der Waals surface area (Å²) < 4.78 is 0. The minimum atomic E-state index is -0.811. The van der Waals surface area contributed by atoms with Crippen LogP contribution in [-0.2, 0) is 16.0 Å². The summed E-state index contributed by atoms with van der Waals surface area (Å²) in [4.78, 5) is 38.9. The highest BCUT2D eigenvalue weighted by Gasteiger charge is 2.35. The van der Waals surface area contributed by atoms with Crippen LogP contribution in [0.2, 0.25) is 0 Å². The maximum Gasteiger partial charge on any atom is 0.254 e. The Labute approximate surface area is 158 Å². The lowest BCUT2D eigenvalue weighted by Gasteiger charge is -2.26. The number of carbonyl (C=O) groups excluding carboxylic acids is 3. The molecule has 3 N–H and O–H groups in total. The number of nitrogens with zero attached hydrogens (tertiary/aromatic N) is 1. The van der Waals surface area contributed by atoms with Crippen molar-refractivity contribution in [3.05, 3.63) is 71.8 Å². The van der Waals surface area contributed by atoms with Crippen LogP contribution in [0, 0.1) is 0 Å². The molecular formula is C21H23N3O3. The molecule has 2 aromatic carbocycles. The fourth-order valence-electron chi connectivity index (χ4n) is 3.37. The van der Waals surface area contributed by atoms with Crippen LogP contribution < -0.4 is 11.1 Å². The molecule has 0 saturated carbocycles. The fraction of sp³-hybridized carbons (Fsp3) is 0.286. The van der Waals surface area contributed by atoms with E-state index in [1.165, 1.54) is 0 Å². The number of hydrogen-bond donors (Lipinski definition) is 2. The van der Waals surface area contributed by atoms with Crippen LogP contribution in [0.1, 0.15) is 28.8 Å². The van der Waals surface area contributed by atoms with Crippen LogP contribution in [0.5, 0.6) is 0 Å². The monoisotopic (exact) mass is 365 g/mol. The molecule has 0 aliphatic carbocycles. The van der Waals surface area contributed by atoms with Gasteiger partial charge in [0.25, 0.3) is 5.91 Å². The van der Waals surface area contributed by atoms with E-state index in [1.807, 2.05) is 36.4 Å². The average Bonchev–Trinajstić information content (AvgIpc) is 3.18. The van der Waals surface area contributed by atoms with Crippen molar-refractivity contribution in [2.45, 2.75) is 31.3 Å². The highest BCUT2D eigenvalue weighted by atomic mass is 16.2. The Kier molecular flexibility index (Phi) is 5.86. The molecule has 6 nitrogen and oxygen atoms in total. The molecule has 0 aromatic heterocycles. The Morgan fingerprint density at radius 2 is 1.67 bits per heavy atom. The van der Waals surface area contributed by atoms with E-state index in [1.54, 1.807) is 29.2 Å². The number of likely N-dealkylation sites (tertiary alicyclic amines) is 1. The van der Waals surface area contributed by atoms with Gasteiger partial charge in [-0.05, 0) is 30.5 Å². The summed E-state index contributed by atoms with van der Waals surface area (Å²) in [6.07, 6.45) is 1.64. The molecule has 140 valence electrons. The Hall–Kier alpha value is -3.15. The van der Waals surface area contributed by atoms with Gasteiger partial charge in [0.15, 0.2) is 0 Å². The van der Waals surface area contributed by atoms with Gasteiger partial charge in [0.1, 0.15) is 12.1 Å². The molecule has 1 fully saturated rings. The molecule has 3 amide bonds. The minimum absolute atomic E-state index is 0.174. The molecule has 1 saturated heterocycles. The van der Waals surface area contributed by atoms with Crippen molar-refractivity contribution < 1.29 is 14.4 Å². The van der Waals surface area contributed by atoms with Gasteiger partial charge in [-0.15, -0.1) is 0 Å². The predicted molar refractivity (Wildman–Crippen MR) is 102 cm³/mol. The molecule has 0 unspecified atom stereocenters. The number of rotatable bonds is 6. The predicted octanol–water partition coefficient (Wildman–Crippen LogP) is 1.50. The SMILES string of the molecule is NC(=O)[C@H](Cc1ccccc1)NC(=O)[C@@H]1CCCN1C(=O)c1ccccc1. The molecule has 1 aliphatic heterocycles. The topological polar surface area (TPSA) is 92.5 Å². The van der Waals surface area contributed by atoms with Crippen molar-refractivity contribution in [2.24, 2.45) is 5.73 Å². The molecule has 0 bridgehead atoms. The first kappa shape index (κ1) is 18.6. The van der Waals surface area contributed by atoms with Gasteiger partial charge in [0, 0.05) is 18.5 Å². The Balaban J connectivity index is 1.69. The van der Waals surface area contributed by atoms with Crippen molar-refractivity contribution in [3.63, 3.8) is 0 Å². The zero-order chi connectivity index (χ0) is 19.2. The second kappa shape index (κ2) is 8.49. The lowest BCUT2D eigenvalue weighted by atomic mass is 10.0. The summed E-state index contributed by atoms with van der Waals surface area (Å²) in [5.74, 6) is -1.10. The quantitative estimate of drug-likeness (QED) is 0.813. The van der Waals surface area contributed by atoms with Gasteiger partial charge in [-0.2, -0.15) is 0 Å². The third-order valence-electron chi connectivity index (χ3n) is 4.78. The van der Waals surface area contributed by atoms with Crippen molar-refractivity contribution in [1.29, 1.82) is 0 Å². The summed E-state index contributed by atoms with van der Waals surface area (Å²) in [7, 11) is 0. The Morgan fingerprint density at radius 3 is 2.30 bits per heavy atom. The highest BCUT2D eigenvalue weighted by molar-refractivity contribution is 5.98. The number of amides is 3. The smallest absolute Gasteiger partial charge is 0.254 e. The zero-order valence-corrected chi connectivity index (χ0v) is 15.0. The van der Waals surface area contributed by atoms with Crippen molar-refractivity contribution in [1.82, 2.24) is 10.2 Å². The normalized spacial score (nSPS) is 17.3. The van der Waals surface area contributed by atoms with Gasteiger partial charge in [-0.1, -0.05) is 48.5 Å². The lowest BCUT2D eigenvalue weighted by molar-refractivity contribution is -0.129. The maximum absolute atomic E-state index is 12.8. The molecule has 1 heterocycles. The molecule has 1 aliphatic rings. The first-order valence-electron chi connectivity index (χ1n) is 9.06. The molecule has 27 heavy (non-hydrogen) atoms. The second-order valence-corrected chi connectivity index (χ2v) is 6.68. The first-order chi connectivity index (χ1) is 13.1. The van der Waals surface area contributed by atoms with Crippen LogP contribution in [0.25, 0.3) is 0 Å². The summed E-state index contributed by atoms with van der Waals surface area (Å²) >= 11 is 0. The van der Waals surface area contributed by atoms with E-state index < -0.39 is 18.0 Å². The number of nitrogens with two attached hydrogens (primary N) is 1. The number of primary amides is 1. The number of hydrogen-bond acceptors (Lipinski definition) is 3. The number of carbonyl (C=O) groups is 3. The highest BCUT2D eigenvalue weighted by Crippen LogP contribution is 2.20. The third kappa shape index (κ3) is 4.53. The molecule has 6 heteroatoms. The molecule has 0 spiro atoms. The lowest BCUT2D eigenvalue weighted by Crippen LogP contribution is -2.53. The van der Waals surface area contributed by atoms with Gasteiger partial charge < -0.3 is 16.0 Å². The summed E-state index contributed by atoms with van der Waals surface area (Å²) in [5.41, 5.74) is 6.94. The van der Waals surface area contributed by atoms with Crippen LogP contribution in [0.15, 0.2) is 60.7 Å². The number of nitrogens with one attached hydrogen (secondary N) is 1. The van der Waals surface area contributed by atoms with E-state index in [2.05, 4.69) is 5.32 Å². The van der Waals surface area contributed by atoms with Crippen LogP contribution in [-0.4, -0.2) is 41.2 Å². The van der Waals surface area contributed by atoms with E-state index in [9.17, 15) is 14.4 Å². The molecular weight excluding hydrogens is 342 g/mol. The van der Waals surface area contributed by atoms with E-state index >= 15 is 0 Å². The fourth-order valence-corrected chi connectivity index (χ4v) is 3.37. The summed E-state index contributed by atoms with van der Waals surface area (Å²) in [6, 6.07) is 16.9. The first-order valence-corrected chi connectivity index (χ1v) is 9.06. The van der Waals surface area contributed by atoms with E-state index in [0.717, 1.165) is 12.0 Å². The zero-order valence-electron chi connectivity index (χ0n) is 15.0. The van der Waals surface area contributed by atoms with Gasteiger partial charge >= 0.3 is 0 Å². The van der Waals surface area contributed by atoms with Crippen LogP contribution in [0.4, 0.5) is 0 Å².